The van der Waals surface area contributed by atoms with Gasteiger partial charge in [0.25, 0.3) is 5.91 Å². The molecule has 0 radical (unpaired) electrons. The summed E-state index contributed by atoms with van der Waals surface area (Å²) in [4.78, 5) is 11.9. The van der Waals surface area contributed by atoms with Crippen LogP contribution in [0.25, 0.3) is 0 Å². The fourth-order valence-electron chi connectivity index (χ4n) is 2.69. The summed E-state index contributed by atoms with van der Waals surface area (Å²) in [6.45, 7) is 0.461. The number of carbonyl (C=O) groups is 1. The van der Waals surface area contributed by atoms with Crippen LogP contribution < -0.4 is 11.1 Å². The van der Waals surface area contributed by atoms with Gasteiger partial charge in [0.05, 0.1) is 5.56 Å². The van der Waals surface area contributed by atoms with Crippen LogP contribution in [0.3, 0.4) is 0 Å². The first-order valence-electron chi connectivity index (χ1n) is 7.07. The molecule has 1 amide bonds. The van der Waals surface area contributed by atoms with E-state index < -0.39 is 17.6 Å². The summed E-state index contributed by atoms with van der Waals surface area (Å²) >= 11 is 0. The van der Waals surface area contributed by atoms with Crippen molar-refractivity contribution in [3.63, 3.8) is 0 Å². The van der Waals surface area contributed by atoms with E-state index in [0.717, 1.165) is 37.8 Å². The summed E-state index contributed by atoms with van der Waals surface area (Å²) in [6, 6.07) is 4.62. The standard InChI is InChI=1S/C15H19F3N2O/c16-15(17,18)12-5-2-4-11(8-12)14(21)20-9-10-3-1-6-13(19)7-10/h2,4-5,8,10,13H,1,3,6-7,9,19H2,(H,20,21). The van der Waals surface area contributed by atoms with Crippen LogP contribution in [0.5, 0.6) is 0 Å². The Kier molecular flexibility index (Phi) is 4.88. The lowest BCUT2D eigenvalue weighted by Gasteiger charge is -2.26. The minimum absolute atomic E-state index is 0.0323. The molecule has 3 N–H and O–H groups in total. The van der Waals surface area contributed by atoms with E-state index in [0.29, 0.717) is 12.5 Å². The van der Waals surface area contributed by atoms with Crippen LogP contribution in [-0.4, -0.2) is 18.5 Å². The molecule has 1 aromatic carbocycles. The molecule has 2 atom stereocenters. The van der Waals surface area contributed by atoms with Crippen LogP contribution in [0.15, 0.2) is 24.3 Å². The number of hydrogen-bond donors (Lipinski definition) is 2. The Hall–Kier alpha value is -1.56. The molecule has 1 aromatic rings. The van der Waals surface area contributed by atoms with Gasteiger partial charge in [0.15, 0.2) is 0 Å². The number of alkyl halides is 3. The lowest BCUT2D eigenvalue weighted by molar-refractivity contribution is -0.137. The molecule has 0 aromatic heterocycles. The zero-order valence-corrected chi connectivity index (χ0v) is 11.6. The van der Waals surface area contributed by atoms with Crippen molar-refractivity contribution in [2.75, 3.05) is 6.54 Å². The number of halogens is 3. The number of hydrogen-bond acceptors (Lipinski definition) is 2. The Morgan fingerprint density at radius 1 is 1.33 bits per heavy atom. The first-order chi connectivity index (χ1) is 9.86. The molecule has 1 saturated carbocycles. The quantitative estimate of drug-likeness (QED) is 0.901. The van der Waals surface area contributed by atoms with Crippen molar-refractivity contribution >= 4 is 5.91 Å². The number of rotatable bonds is 3. The van der Waals surface area contributed by atoms with E-state index in [9.17, 15) is 18.0 Å². The van der Waals surface area contributed by atoms with Gasteiger partial charge in [0, 0.05) is 18.2 Å². The molecule has 3 nitrogen and oxygen atoms in total. The molecule has 0 heterocycles. The molecular formula is C15H19F3N2O. The highest BCUT2D eigenvalue weighted by Gasteiger charge is 2.31. The summed E-state index contributed by atoms with van der Waals surface area (Å²) in [5.74, 6) is -0.163. The van der Waals surface area contributed by atoms with Crippen molar-refractivity contribution in [1.29, 1.82) is 0 Å². The number of nitrogens with two attached hydrogens (primary N) is 1. The second kappa shape index (κ2) is 6.47. The third kappa shape index (κ3) is 4.46. The molecule has 0 aliphatic heterocycles. The Bertz CT molecular complexity index is 502. The Morgan fingerprint density at radius 3 is 2.76 bits per heavy atom. The number of carbonyl (C=O) groups excluding carboxylic acids is 1. The molecule has 116 valence electrons. The van der Waals surface area contributed by atoms with Gasteiger partial charge in [-0.15, -0.1) is 0 Å². The van der Waals surface area contributed by atoms with Gasteiger partial charge >= 0.3 is 6.18 Å². The largest absolute Gasteiger partial charge is 0.416 e. The topological polar surface area (TPSA) is 55.1 Å². The predicted molar refractivity (Wildman–Crippen MR) is 73.7 cm³/mol. The molecule has 1 fully saturated rings. The molecule has 1 aliphatic rings. The van der Waals surface area contributed by atoms with Crippen LogP contribution in [0, 0.1) is 5.92 Å². The van der Waals surface area contributed by atoms with Crippen LogP contribution in [-0.2, 0) is 6.18 Å². The second-order valence-electron chi connectivity index (χ2n) is 5.58. The van der Waals surface area contributed by atoms with Crippen molar-refractivity contribution in [1.82, 2.24) is 5.32 Å². The van der Waals surface area contributed by atoms with Crippen molar-refractivity contribution in [2.24, 2.45) is 11.7 Å². The maximum atomic E-state index is 12.6. The summed E-state index contributed by atoms with van der Waals surface area (Å²) in [6.07, 6.45) is -0.560. The maximum Gasteiger partial charge on any atom is 0.416 e. The normalized spacial score (nSPS) is 22.9. The molecule has 0 spiro atoms. The third-order valence-corrected chi connectivity index (χ3v) is 3.83. The van der Waals surface area contributed by atoms with Gasteiger partial charge in [-0.2, -0.15) is 13.2 Å². The van der Waals surface area contributed by atoms with Crippen molar-refractivity contribution in [3.05, 3.63) is 35.4 Å². The lowest BCUT2D eigenvalue weighted by Crippen LogP contribution is -2.35. The van der Waals surface area contributed by atoms with E-state index in [2.05, 4.69) is 5.32 Å². The SMILES string of the molecule is NC1CCCC(CNC(=O)c2cccc(C(F)(F)F)c2)C1. The Morgan fingerprint density at radius 2 is 2.10 bits per heavy atom. The van der Waals surface area contributed by atoms with E-state index in [1.165, 1.54) is 12.1 Å². The van der Waals surface area contributed by atoms with Gasteiger partial charge in [0.1, 0.15) is 0 Å². The fourth-order valence-corrected chi connectivity index (χ4v) is 2.69. The minimum Gasteiger partial charge on any atom is -0.352 e. The van der Waals surface area contributed by atoms with Gasteiger partial charge < -0.3 is 11.1 Å². The molecule has 2 unspecified atom stereocenters. The number of amides is 1. The molecule has 21 heavy (non-hydrogen) atoms. The molecule has 2 rings (SSSR count). The van der Waals surface area contributed by atoms with Crippen LogP contribution in [0.2, 0.25) is 0 Å². The van der Waals surface area contributed by atoms with Gasteiger partial charge in [-0.05, 0) is 43.4 Å². The van der Waals surface area contributed by atoms with Gasteiger partial charge in [-0.1, -0.05) is 12.5 Å². The molecule has 0 saturated heterocycles. The summed E-state index contributed by atoms with van der Waals surface area (Å²) in [5, 5.41) is 2.71. The first-order valence-corrected chi connectivity index (χ1v) is 7.07. The smallest absolute Gasteiger partial charge is 0.352 e. The molecule has 0 bridgehead atoms. The first kappa shape index (κ1) is 15.8. The molecule has 6 heteroatoms. The van der Waals surface area contributed by atoms with Crippen LogP contribution in [0.4, 0.5) is 13.2 Å². The number of benzene rings is 1. The molecule has 1 aliphatic carbocycles. The third-order valence-electron chi connectivity index (χ3n) is 3.83. The van der Waals surface area contributed by atoms with Gasteiger partial charge in [-0.3, -0.25) is 4.79 Å². The highest BCUT2D eigenvalue weighted by molar-refractivity contribution is 5.94. The highest BCUT2D eigenvalue weighted by atomic mass is 19.4. The van der Waals surface area contributed by atoms with Gasteiger partial charge in [-0.25, -0.2) is 0 Å². The second-order valence-corrected chi connectivity index (χ2v) is 5.58. The highest BCUT2D eigenvalue weighted by Crippen LogP contribution is 2.29. The lowest BCUT2D eigenvalue weighted by atomic mass is 9.86. The average Bonchev–Trinajstić information content (AvgIpc) is 2.44. The van der Waals surface area contributed by atoms with E-state index in [1.807, 2.05) is 0 Å². The summed E-state index contributed by atoms with van der Waals surface area (Å²) in [7, 11) is 0. The summed E-state index contributed by atoms with van der Waals surface area (Å²) in [5.41, 5.74) is 5.09. The Balaban J connectivity index is 1.94. The maximum absolute atomic E-state index is 12.6. The van der Waals surface area contributed by atoms with Crippen molar-refractivity contribution < 1.29 is 18.0 Å². The Labute approximate surface area is 121 Å². The van der Waals surface area contributed by atoms with E-state index >= 15 is 0 Å². The van der Waals surface area contributed by atoms with Crippen molar-refractivity contribution in [2.45, 2.75) is 37.9 Å². The van der Waals surface area contributed by atoms with E-state index in [1.54, 1.807) is 0 Å². The van der Waals surface area contributed by atoms with Crippen molar-refractivity contribution in [3.8, 4) is 0 Å². The van der Waals surface area contributed by atoms with E-state index in [-0.39, 0.29) is 11.6 Å². The summed E-state index contributed by atoms with van der Waals surface area (Å²) < 4.78 is 37.8. The zero-order valence-electron chi connectivity index (χ0n) is 11.6. The average molecular weight is 300 g/mol. The fraction of sp³-hybridized carbons (Fsp3) is 0.533. The van der Waals surface area contributed by atoms with Crippen LogP contribution >= 0.6 is 0 Å². The zero-order chi connectivity index (χ0) is 15.5. The number of nitrogens with one attached hydrogen (secondary N) is 1. The molecular weight excluding hydrogens is 281 g/mol. The predicted octanol–water partition coefficient (Wildman–Crippen LogP) is 2.95. The van der Waals surface area contributed by atoms with Gasteiger partial charge in [0.2, 0.25) is 0 Å². The van der Waals surface area contributed by atoms with E-state index in [4.69, 9.17) is 5.73 Å². The van der Waals surface area contributed by atoms with Crippen LogP contribution in [0.1, 0.15) is 41.6 Å². The minimum atomic E-state index is -4.44. The monoisotopic (exact) mass is 300 g/mol.